The highest BCUT2D eigenvalue weighted by Crippen LogP contribution is 2.15. The Balaban J connectivity index is 2.16. The Morgan fingerprint density at radius 2 is 2.17 bits per heavy atom. The number of carbonyl (C=O) groups excluding carboxylic acids is 1. The van der Waals surface area contributed by atoms with Gasteiger partial charge in [-0.25, -0.2) is 4.98 Å². The van der Waals surface area contributed by atoms with Crippen molar-refractivity contribution in [3.05, 3.63) is 51.7 Å². The minimum absolute atomic E-state index is 0.183. The summed E-state index contributed by atoms with van der Waals surface area (Å²) >= 11 is 2.20. The highest BCUT2D eigenvalue weighted by molar-refractivity contribution is 14.1. The van der Waals surface area contributed by atoms with Gasteiger partial charge in [-0.15, -0.1) is 0 Å². The van der Waals surface area contributed by atoms with Gasteiger partial charge >= 0.3 is 0 Å². The van der Waals surface area contributed by atoms with Gasteiger partial charge in [0.25, 0.3) is 5.91 Å². The number of nitrogens with zero attached hydrogens (tertiary/aromatic N) is 1. The van der Waals surface area contributed by atoms with E-state index in [1.165, 1.54) is 7.11 Å². The van der Waals surface area contributed by atoms with Crippen LogP contribution in [0.3, 0.4) is 0 Å². The predicted molar refractivity (Wildman–Crippen MR) is 77.9 cm³/mol. The zero-order valence-electron chi connectivity index (χ0n) is 9.68. The predicted octanol–water partition coefficient (Wildman–Crippen LogP) is 2.95. The quantitative estimate of drug-likeness (QED) is 0.863. The highest BCUT2D eigenvalue weighted by Gasteiger charge is 2.07. The van der Waals surface area contributed by atoms with Crippen molar-refractivity contribution in [3.63, 3.8) is 0 Å². The highest BCUT2D eigenvalue weighted by atomic mass is 127. The van der Waals surface area contributed by atoms with Gasteiger partial charge in [0.15, 0.2) is 0 Å². The zero-order valence-corrected chi connectivity index (χ0v) is 11.8. The number of carbonyl (C=O) groups is 1. The molecule has 0 saturated heterocycles. The molecule has 4 nitrogen and oxygen atoms in total. The largest absolute Gasteiger partial charge is 0.481 e. The molecule has 0 saturated carbocycles. The van der Waals surface area contributed by atoms with Crippen LogP contribution in [0.5, 0.6) is 5.88 Å². The molecule has 0 radical (unpaired) electrons. The molecule has 0 fully saturated rings. The molecule has 1 heterocycles. The second kappa shape index (κ2) is 5.81. The molecule has 0 unspecified atom stereocenters. The number of rotatable bonds is 3. The number of aromatic nitrogens is 1. The van der Waals surface area contributed by atoms with Crippen molar-refractivity contribution in [2.75, 3.05) is 12.4 Å². The second-order valence-electron chi connectivity index (χ2n) is 3.55. The fraction of sp³-hybridized carbons (Fsp3) is 0.0769. The van der Waals surface area contributed by atoms with Gasteiger partial charge in [-0.3, -0.25) is 4.79 Å². The van der Waals surface area contributed by atoms with Crippen LogP contribution in [0.2, 0.25) is 0 Å². The number of ether oxygens (including phenoxy) is 1. The first kappa shape index (κ1) is 12.8. The van der Waals surface area contributed by atoms with Crippen molar-refractivity contribution >= 4 is 34.2 Å². The van der Waals surface area contributed by atoms with Gasteiger partial charge in [-0.2, -0.15) is 0 Å². The molecule has 1 N–H and O–H groups in total. The summed E-state index contributed by atoms with van der Waals surface area (Å²) in [5.74, 6) is 0.239. The van der Waals surface area contributed by atoms with E-state index in [0.717, 1.165) is 9.26 Å². The van der Waals surface area contributed by atoms with Crippen LogP contribution in [0, 0.1) is 3.57 Å². The Bertz CT molecular complexity index is 572. The van der Waals surface area contributed by atoms with Crippen LogP contribution in [0.15, 0.2) is 42.6 Å². The first-order valence-corrected chi connectivity index (χ1v) is 6.34. The fourth-order valence-corrected chi connectivity index (χ4v) is 1.97. The third kappa shape index (κ3) is 3.19. The maximum absolute atomic E-state index is 12.0. The lowest BCUT2D eigenvalue weighted by atomic mass is 10.2. The first-order chi connectivity index (χ1) is 8.69. The molecule has 1 aromatic heterocycles. The minimum atomic E-state index is -0.183. The van der Waals surface area contributed by atoms with Crippen LogP contribution in [0.25, 0.3) is 0 Å². The van der Waals surface area contributed by atoms with E-state index in [1.807, 2.05) is 24.3 Å². The number of hydrogen-bond donors (Lipinski definition) is 1. The van der Waals surface area contributed by atoms with Crippen LogP contribution in [0.1, 0.15) is 10.4 Å². The monoisotopic (exact) mass is 354 g/mol. The number of benzene rings is 1. The van der Waals surface area contributed by atoms with Gasteiger partial charge in [-0.05, 0) is 46.9 Å². The number of amides is 1. The van der Waals surface area contributed by atoms with Gasteiger partial charge in [0.05, 0.1) is 7.11 Å². The number of pyridine rings is 1. The van der Waals surface area contributed by atoms with Crippen LogP contribution in [0.4, 0.5) is 5.69 Å². The van der Waals surface area contributed by atoms with Crippen LogP contribution in [-0.2, 0) is 0 Å². The molecule has 2 rings (SSSR count). The minimum Gasteiger partial charge on any atom is -0.481 e. The van der Waals surface area contributed by atoms with E-state index in [-0.39, 0.29) is 5.91 Å². The van der Waals surface area contributed by atoms with Crippen molar-refractivity contribution in [1.82, 2.24) is 4.98 Å². The molecule has 5 heteroatoms. The molecular formula is C13H11IN2O2. The van der Waals surface area contributed by atoms with E-state index in [2.05, 4.69) is 32.9 Å². The Morgan fingerprint density at radius 3 is 2.89 bits per heavy atom. The summed E-state index contributed by atoms with van der Waals surface area (Å²) in [6.07, 6.45) is 1.54. The molecule has 0 bridgehead atoms. The lowest BCUT2D eigenvalue weighted by molar-refractivity contribution is 0.102. The lowest BCUT2D eigenvalue weighted by Gasteiger charge is -2.06. The molecule has 18 heavy (non-hydrogen) atoms. The molecule has 0 aliphatic heterocycles. The maximum Gasteiger partial charge on any atom is 0.255 e. The SMILES string of the molecule is COc1cc(C(=O)Nc2cccc(I)c2)ccn1. The number of hydrogen-bond acceptors (Lipinski definition) is 3. The summed E-state index contributed by atoms with van der Waals surface area (Å²) in [6, 6.07) is 10.8. The smallest absolute Gasteiger partial charge is 0.255 e. The average Bonchev–Trinajstić information content (AvgIpc) is 2.39. The Hall–Kier alpha value is -1.63. The molecule has 1 aromatic carbocycles. The van der Waals surface area contributed by atoms with Crippen molar-refractivity contribution in [2.24, 2.45) is 0 Å². The third-order valence-electron chi connectivity index (χ3n) is 2.29. The van der Waals surface area contributed by atoms with Crippen molar-refractivity contribution in [2.45, 2.75) is 0 Å². The summed E-state index contributed by atoms with van der Waals surface area (Å²) in [5, 5.41) is 2.82. The second-order valence-corrected chi connectivity index (χ2v) is 4.80. The van der Waals surface area contributed by atoms with Gasteiger partial charge in [0.1, 0.15) is 0 Å². The summed E-state index contributed by atoms with van der Waals surface area (Å²) in [6.45, 7) is 0. The van der Waals surface area contributed by atoms with Crippen molar-refractivity contribution < 1.29 is 9.53 Å². The topological polar surface area (TPSA) is 51.2 Å². The average molecular weight is 354 g/mol. The third-order valence-corrected chi connectivity index (χ3v) is 2.96. The molecule has 0 spiro atoms. The van der Waals surface area contributed by atoms with Gasteiger partial charge in [0.2, 0.25) is 5.88 Å². The van der Waals surface area contributed by atoms with Gasteiger partial charge in [0, 0.05) is 27.1 Å². The standard InChI is InChI=1S/C13H11IN2O2/c1-18-12-7-9(5-6-15-12)13(17)16-11-4-2-3-10(14)8-11/h2-8H,1H3,(H,16,17). The van der Waals surface area contributed by atoms with E-state index in [1.54, 1.807) is 18.3 Å². The van der Waals surface area contributed by atoms with Gasteiger partial charge < -0.3 is 10.1 Å². The molecule has 0 aliphatic carbocycles. The number of anilines is 1. The van der Waals surface area contributed by atoms with Crippen molar-refractivity contribution in [3.8, 4) is 5.88 Å². The molecule has 2 aromatic rings. The Kier molecular flexibility index (Phi) is 4.14. The summed E-state index contributed by atoms with van der Waals surface area (Å²) in [5.41, 5.74) is 1.28. The number of halogens is 1. The number of nitrogens with one attached hydrogen (secondary N) is 1. The number of methoxy groups -OCH3 is 1. The first-order valence-electron chi connectivity index (χ1n) is 5.26. The van der Waals surface area contributed by atoms with Gasteiger partial charge in [-0.1, -0.05) is 6.07 Å². The van der Waals surface area contributed by atoms with Crippen LogP contribution < -0.4 is 10.1 Å². The van der Waals surface area contributed by atoms with E-state index >= 15 is 0 Å². The Morgan fingerprint density at radius 1 is 1.33 bits per heavy atom. The van der Waals surface area contributed by atoms with E-state index < -0.39 is 0 Å². The van der Waals surface area contributed by atoms with Crippen molar-refractivity contribution in [1.29, 1.82) is 0 Å². The maximum atomic E-state index is 12.0. The van der Waals surface area contributed by atoms with E-state index in [4.69, 9.17) is 4.74 Å². The molecule has 0 aliphatic rings. The van der Waals surface area contributed by atoms with E-state index in [9.17, 15) is 4.79 Å². The fourth-order valence-electron chi connectivity index (χ4n) is 1.43. The lowest BCUT2D eigenvalue weighted by Crippen LogP contribution is -2.12. The zero-order chi connectivity index (χ0) is 13.0. The summed E-state index contributed by atoms with van der Waals surface area (Å²) in [4.78, 5) is 16.0. The van der Waals surface area contributed by atoms with E-state index in [0.29, 0.717) is 11.4 Å². The molecular weight excluding hydrogens is 343 g/mol. The van der Waals surface area contributed by atoms with Crippen LogP contribution in [-0.4, -0.2) is 18.0 Å². The van der Waals surface area contributed by atoms with Crippen LogP contribution >= 0.6 is 22.6 Å². The summed E-state index contributed by atoms with van der Waals surface area (Å²) in [7, 11) is 1.52. The molecule has 1 amide bonds. The molecule has 92 valence electrons. The Labute approximate surface area is 119 Å². The summed E-state index contributed by atoms with van der Waals surface area (Å²) < 4.78 is 6.05. The molecule has 0 atom stereocenters. The normalized spacial score (nSPS) is 9.89.